The molecule has 0 atom stereocenters. The summed E-state index contributed by atoms with van der Waals surface area (Å²) in [6.45, 7) is 2.16. The Morgan fingerprint density at radius 1 is 1.28 bits per heavy atom. The van der Waals surface area contributed by atoms with E-state index in [1.807, 2.05) is 0 Å². The summed E-state index contributed by atoms with van der Waals surface area (Å²) in [6, 6.07) is 5.37. The highest BCUT2D eigenvalue weighted by Crippen LogP contribution is 2.02. The van der Waals surface area contributed by atoms with Crippen LogP contribution >= 0.6 is 0 Å². The summed E-state index contributed by atoms with van der Waals surface area (Å²) < 4.78 is 12.6. The Kier molecular flexibility index (Phi) is 6.69. The van der Waals surface area contributed by atoms with Crippen molar-refractivity contribution in [3.8, 4) is 0 Å². The maximum atomic E-state index is 12.6. The summed E-state index contributed by atoms with van der Waals surface area (Å²) in [4.78, 5) is 11.5. The molecule has 3 nitrogen and oxygen atoms in total. The lowest BCUT2D eigenvalue weighted by molar-refractivity contribution is 0.0955. The second-order valence-corrected chi connectivity index (χ2v) is 4.11. The first kappa shape index (κ1) is 14.4. The fourth-order valence-corrected chi connectivity index (χ4v) is 1.50. The minimum absolute atomic E-state index is 0.320. The van der Waals surface area contributed by atoms with Crippen LogP contribution in [0.3, 0.4) is 0 Å². The fraction of sp³-hybridized carbons (Fsp3) is 0.429. The van der Waals surface area contributed by atoms with Gasteiger partial charge in [-0.2, -0.15) is 5.10 Å². The van der Waals surface area contributed by atoms with Gasteiger partial charge in [-0.15, -0.1) is 0 Å². The smallest absolute Gasteiger partial charge is 0.267 e. The van der Waals surface area contributed by atoms with Gasteiger partial charge >= 0.3 is 0 Å². The van der Waals surface area contributed by atoms with Crippen molar-refractivity contribution in [1.29, 1.82) is 0 Å². The SMILES string of the molecule is CCCCCCC=NNC(=O)c1ccc(F)cc1. The number of carbonyl (C=O) groups excluding carboxylic acids is 1. The zero-order valence-corrected chi connectivity index (χ0v) is 10.7. The molecule has 1 aromatic carbocycles. The second-order valence-electron chi connectivity index (χ2n) is 4.11. The van der Waals surface area contributed by atoms with Crippen molar-refractivity contribution < 1.29 is 9.18 Å². The molecule has 0 aromatic heterocycles. The van der Waals surface area contributed by atoms with E-state index in [2.05, 4.69) is 17.5 Å². The molecule has 0 bridgehead atoms. The van der Waals surface area contributed by atoms with E-state index in [4.69, 9.17) is 0 Å². The first-order chi connectivity index (χ1) is 8.74. The first-order valence-corrected chi connectivity index (χ1v) is 6.31. The molecule has 0 aliphatic rings. The molecule has 0 aliphatic carbocycles. The standard InChI is InChI=1S/C14H19FN2O/c1-2-3-4-5-6-11-16-17-14(18)12-7-9-13(15)10-8-12/h7-11H,2-6H2,1H3,(H,17,18). The van der Waals surface area contributed by atoms with Crippen molar-refractivity contribution >= 4 is 12.1 Å². The highest BCUT2D eigenvalue weighted by molar-refractivity contribution is 5.94. The topological polar surface area (TPSA) is 41.5 Å². The summed E-state index contributed by atoms with van der Waals surface area (Å²) in [6.07, 6.45) is 7.28. The average molecular weight is 250 g/mol. The third-order valence-electron chi connectivity index (χ3n) is 2.55. The van der Waals surface area contributed by atoms with Crippen LogP contribution in [0, 0.1) is 5.82 Å². The molecule has 0 saturated heterocycles. The van der Waals surface area contributed by atoms with E-state index >= 15 is 0 Å². The summed E-state index contributed by atoms with van der Waals surface area (Å²) in [5.41, 5.74) is 2.82. The molecule has 0 spiro atoms. The van der Waals surface area contributed by atoms with Gasteiger partial charge in [0.1, 0.15) is 5.82 Å². The van der Waals surface area contributed by atoms with Crippen LogP contribution in [0.25, 0.3) is 0 Å². The van der Waals surface area contributed by atoms with Crippen LogP contribution in [0.2, 0.25) is 0 Å². The van der Waals surface area contributed by atoms with Gasteiger partial charge in [0.2, 0.25) is 0 Å². The molecule has 1 aromatic rings. The number of amides is 1. The van der Waals surface area contributed by atoms with Gasteiger partial charge in [-0.1, -0.05) is 26.2 Å². The predicted molar refractivity (Wildman–Crippen MR) is 71.1 cm³/mol. The number of nitrogens with zero attached hydrogens (tertiary/aromatic N) is 1. The number of nitrogens with one attached hydrogen (secondary N) is 1. The Labute approximate surface area is 107 Å². The van der Waals surface area contributed by atoms with Gasteiger partial charge in [-0.05, 0) is 37.1 Å². The van der Waals surface area contributed by atoms with E-state index in [9.17, 15) is 9.18 Å². The van der Waals surface area contributed by atoms with Crippen molar-refractivity contribution in [2.45, 2.75) is 39.0 Å². The van der Waals surface area contributed by atoms with Crippen LogP contribution < -0.4 is 5.43 Å². The Bertz CT molecular complexity index is 387. The summed E-state index contributed by atoms with van der Waals surface area (Å²) in [5.74, 6) is -0.675. The van der Waals surface area contributed by atoms with E-state index in [0.717, 1.165) is 12.8 Å². The molecule has 0 fully saturated rings. The van der Waals surface area contributed by atoms with Gasteiger partial charge in [0, 0.05) is 11.8 Å². The molecule has 18 heavy (non-hydrogen) atoms. The highest BCUT2D eigenvalue weighted by atomic mass is 19.1. The number of rotatable bonds is 7. The Balaban J connectivity index is 2.24. The molecule has 0 aliphatic heterocycles. The maximum absolute atomic E-state index is 12.6. The Hall–Kier alpha value is -1.71. The van der Waals surface area contributed by atoms with Crippen molar-refractivity contribution in [2.75, 3.05) is 0 Å². The van der Waals surface area contributed by atoms with Gasteiger partial charge in [0.25, 0.3) is 5.91 Å². The number of carbonyl (C=O) groups is 1. The van der Waals surface area contributed by atoms with E-state index in [1.165, 1.54) is 43.5 Å². The maximum Gasteiger partial charge on any atom is 0.271 e. The lowest BCUT2D eigenvalue weighted by atomic mass is 10.2. The molecule has 0 unspecified atom stereocenters. The fourth-order valence-electron chi connectivity index (χ4n) is 1.50. The van der Waals surface area contributed by atoms with Crippen molar-refractivity contribution in [3.05, 3.63) is 35.6 Å². The van der Waals surface area contributed by atoms with Crippen molar-refractivity contribution in [3.63, 3.8) is 0 Å². The Morgan fingerprint density at radius 2 is 2.00 bits per heavy atom. The zero-order chi connectivity index (χ0) is 13.2. The van der Waals surface area contributed by atoms with Gasteiger partial charge in [0.05, 0.1) is 0 Å². The normalized spacial score (nSPS) is 10.8. The second kappa shape index (κ2) is 8.39. The highest BCUT2D eigenvalue weighted by Gasteiger charge is 2.02. The minimum Gasteiger partial charge on any atom is -0.267 e. The van der Waals surface area contributed by atoms with Crippen LogP contribution in [0.5, 0.6) is 0 Å². The quantitative estimate of drug-likeness (QED) is 0.449. The van der Waals surface area contributed by atoms with E-state index in [1.54, 1.807) is 6.21 Å². The molecule has 1 rings (SSSR count). The molecule has 0 radical (unpaired) electrons. The number of hydrogen-bond acceptors (Lipinski definition) is 2. The van der Waals surface area contributed by atoms with Crippen LogP contribution in [0.4, 0.5) is 4.39 Å². The minimum atomic E-state index is -0.356. The van der Waals surface area contributed by atoms with Gasteiger partial charge in [0.15, 0.2) is 0 Å². The summed E-state index contributed by atoms with van der Waals surface area (Å²) in [7, 11) is 0. The van der Waals surface area contributed by atoms with E-state index in [0.29, 0.717) is 5.56 Å². The van der Waals surface area contributed by atoms with Gasteiger partial charge in [-0.25, -0.2) is 9.82 Å². The molecule has 98 valence electrons. The zero-order valence-electron chi connectivity index (χ0n) is 10.7. The molecular formula is C14H19FN2O. The molecule has 1 amide bonds. The largest absolute Gasteiger partial charge is 0.271 e. The molecule has 4 heteroatoms. The predicted octanol–water partition coefficient (Wildman–Crippen LogP) is 3.51. The van der Waals surface area contributed by atoms with Crippen LogP contribution in [0.1, 0.15) is 49.4 Å². The molecule has 0 saturated carbocycles. The van der Waals surface area contributed by atoms with Crippen LogP contribution in [0.15, 0.2) is 29.4 Å². The van der Waals surface area contributed by atoms with Crippen molar-refractivity contribution in [2.24, 2.45) is 5.10 Å². The monoisotopic (exact) mass is 250 g/mol. The third-order valence-corrected chi connectivity index (χ3v) is 2.55. The molecule has 1 N–H and O–H groups in total. The van der Waals surface area contributed by atoms with Gasteiger partial charge in [-0.3, -0.25) is 4.79 Å². The van der Waals surface area contributed by atoms with Crippen molar-refractivity contribution in [1.82, 2.24) is 5.43 Å². The molecule has 0 heterocycles. The summed E-state index contributed by atoms with van der Waals surface area (Å²) >= 11 is 0. The average Bonchev–Trinajstić information content (AvgIpc) is 2.38. The third kappa shape index (κ3) is 5.57. The lowest BCUT2D eigenvalue weighted by Gasteiger charge is -1.99. The number of unbranched alkanes of at least 4 members (excludes halogenated alkanes) is 4. The van der Waals surface area contributed by atoms with Crippen LogP contribution in [-0.4, -0.2) is 12.1 Å². The number of halogens is 1. The lowest BCUT2D eigenvalue weighted by Crippen LogP contribution is -2.17. The van der Waals surface area contributed by atoms with E-state index < -0.39 is 0 Å². The number of hydrogen-bond donors (Lipinski definition) is 1. The number of hydrazone groups is 1. The Morgan fingerprint density at radius 3 is 2.67 bits per heavy atom. The summed E-state index contributed by atoms with van der Waals surface area (Å²) in [5, 5.41) is 3.85. The number of benzene rings is 1. The first-order valence-electron chi connectivity index (χ1n) is 6.31. The van der Waals surface area contributed by atoms with Crippen LogP contribution in [-0.2, 0) is 0 Å². The van der Waals surface area contributed by atoms with Gasteiger partial charge < -0.3 is 0 Å². The van der Waals surface area contributed by atoms with E-state index in [-0.39, 0.29) is 11.7 Å². The molecular weight excluding hydrogens is 231 g/mol.